The molecular formula is C23H25Cl2FN4O. The van der Waals surface area contributed by atoms with Crippen LogP contribution < -0.4 is 5.73 Å². The van der Waals surface area contributed by atoms with E-state index in [-0.39, 0.29) is 18.4 Å². The van der Waals surface area contributed by atoms with Crippen molar-refractivity contribution < 1.29 is 9.18 Å². The minimum Gasteiger partial charge on any atom is -0.330 e. The van der Waals surface area contributed by atoms with Gasteiger partial charge in [0.15, 0.2) is 0 Å². The van der Waals surface area contributed by atoms with Gasteiger partial charge in [0.1, 0.15) is 5.82 Å². The van der Waals surface area contributed by atoms with Gasteiger partial charge < -0.3 is 10.6 Å². The minimum absolute atomic E-state index is 0. The highest BCUT2D eigenvalue weighted by atomic mass is 35.5. The molecule has 5 nitrogen and oxygen atoms in total. The summed E-state index contributed by atoms with van der Waals surface area (Å²) < 4.78 is 14.7. The van der Waals surface area contributed by atoms with E-state index in [1.54, 1.807) is 16.0 Å². The second-order valence-corrected chi connectivity index (χ2v) is 8.04. The first-order valence-corrected chi connectivity index (χ1v) is 10.5. The number of carbonyl (C=O) groups excluding carboxylic acids is 1. The maximum Gasteiger partial charge on any atom is 0.341 e. The summed E-state index contributed by atoms with van der Waals surface area (Å²) in [5.74, 6) is -0.406. The first-order valence-electron chi connectivity index (χ1n) is 10.1. The van der Waals surface area contributed by atoms with E-state index >= 15 is 0 Å². The number of benzene rings is 2. The van der Waals surface area contributed by atoms with E-state index in [0.717, 1.165) is 5.56 Å². The third-order valence-electron chi connectivity index (χ3n) is 5.70. The summed E-state index contributed by atoms with van der Waals surface area (Å²) in [6, 6.07) is 14.0. The van der Waals surface area contributed by atoms with Gasteiger partial charge in [0.05, 0.1) is 11.3 Å². The molecule has 4 rings (SSSR count). The van der Waals surface area contributed by atoms with Gasteiger partial charge in [-0.1, -0.05) is 54.1 Å². The maximum absolute atomic E-state index is 14.7. The Kier molecular flexibility index (Phi) is 7.36. The van der Waals surface area contributed by atoms with Crippen LogP contribution in [0.15, 0.2) is 65.8 Å². The van der Waals surface area contributed by atoms with E-state index in [1.807, 2.05) is 42.5 Å². The number of hydrogen-bond donors (Lipinski definition) is 1. The number of hydrazone groups is 1. The van der Waals surface area contributed by atoms with Crippen LogP contribution in [0.4, 0.5) is 9.18 Å². The Bertz CT molecular complexity index is 990. The molecule has 1 unspecified atom stereocenters. The summed E-state index contributed by atoms with van der Waals surface area (Å²) in [7, 11) is 0. The number of rotatable bonds is 5. The van der Waals surface area contributed by atoms with Crippen LogP contribution in [0.3, 0.4) is 0 Å². The zero-order valence-electron chi connectivity index (χ0n) is 17.0. The van der Waals surface area contributed by atoms with Crippen molar-refractivity contribution in [1.82, 2.24) is 9.91 Å². The zero-order chi connectivity index (χ0) is 21.1. The largest absolute Gasteiger partial charge is 0.341 e. The SMILES string of the molecule is Cl.NCCCC1(c2ccccc2)CC(c2cc(Cl)ccc2F)=NN1C(=O)N1CC=CC1. The summed E-state index contributed by atoms with van der Waals surface area (Å²) in [4.78, 5) is 15.2. The molecule has 164 valence electrons. The van der Waals surface area contributed by atoms with Crippen LogP contribution in [-0.2, 0) is 5.54 Å². The van der Waals surface area contributed by atoms with Crippen LogP contribution in [0.2, 0.25) is 5.02 Å². The second kappa shape index (κ2) is 9.81. The lowest BCUT2D eigenvalue weighted by Crippen LogP contribution is -2.49. The molecule has 0 radical (unpaired) electrons. The highest BCUT2D eigenvalue weighted by Crippen LogP contribution is 2.44. The fourth-order valence-electron chi connectivity index (χ4n) is 4.17. The summed E-state index contributed by atoms with van der Waals surface area (Å²) in [5, 5.41) is 6.65. The van der Waals surface area contributed by atoms with Crippen LogP contribution in [0.1, 0.15) is 30.4 Å². The topological polar surface area (TPSA) is 61.9 Å². The van der Waals surface area contributed by atoms with E-state index in [4.69, 9.17) is 17.3 Å². The molecule has 0 fully saturated rings. The predicted octanol–water partition coefficient (Wildman–Crippen LogP) is 4.94. The van der Waals surface area contributed by atoms with Crippen LogP contribution in [0.25, 0.3) is 0 Å². The fraction of sp³-hybridized carbons (Fsp3) is 0.304. The van der Waals surface area contributed by atoms with E-state index < -0.39 is 11.4 Å². The smallest absolute Gasteiger partial charge is 0.330 e. The molecule has 2 aromatic carbocycles. The number of urea groups is 1. The average Bonchev–Trinajstić information content (AvgIpc) is 3.43. The van der Waals surface area contributed by atoms with Gasteiger partial charge >= 0.3 is 6.03 Å². The molecule has 31 heavy (non-hydrogen) atoms. The van der Waals surface area contributed by atoms with Crippen LogP contribution >= 0.6 is 24.0 Å². The van der Waals surface area contributed by atoms with Gasteiger partial charge in [-0.25, -0.2) is 14.2 Å². The number of nitrogens with zero attached hydrogens (tertiary/aromatic N) is 3. The van der Waals surface area contributed by atoms with Crippen LogP contribution in [0, 0.1) is 5.82 Å². The number of nitrogens with two attached hydrogens (primary N) is 1. The predicted molar refractivity (Wildman–Crippen MR) is 124 cm³/mol. The second-order valence-electron chi connectivity index (χ2n) is 7.61. The van der Waals surface area contributed by atoms with Gasteiger partial charge in [-0.05, 0) is 43.1 Å². The molecule has 2 aliphatic rings. The minimum atomic E-state index is -0.732. The van der Waals surface area contributed by atoms with Gasteiger partial charge in [-0.15, -0.1) is 12.4 Å². The van der Waals surface area contributed by atoms with Crippen LogP contribution in [0.5, 0.6) is 0 Å². The normalized spacial score (nSPS) is 20.0. The molecule has 0 saturated heterocycles. The molecule has 0 spiro atoms. The van der Waals surface area contributed by atoms with E-state index in [2.05, 4.69) is 5.10 Å². The highest BCUT2D eigenvalue weighted by Gasteiger charge is 2.48. The molecule has 0 aromatic heterocycles. The van der Waals surface area contributed by atoms with Crippen molar-refractivity contribution in [3.8, 4) is 0 Å². The molecule has 8 heteroatoms. The van der Waals surface area contributed by atoms with Gasteiger partial charge in [0, 0.05) is 30.1 Å². The van der Waals surface area contributed by atoms with Gasteiger partial charge in [-0.3, -0.25) is 0 Å². The van der Waals surface area contributed by atoms with E-state index in [9.17, 15) is 9.18 Å². The van der Waals surface area contributed by atoms with Crippen molar-refractivity contribution in [3.63, 3.8) is 0 Å². The van der Waals surface area contributed by atoms with E-state index in [0.29, 0.717) is 55.2 Å². The van der Waals surface area contributed by atoms with Crippen molar-refractivity contribution in [1.29, 1.82) is 0 Å². The Hall–Kier alpha value is -2.41. The Morgan fingerprint density at radius 1 is 1.16 bits per heavy atom. The standard InChI is InChI=1S/C23H24ClFN4O.ClH/c24-18-9-10-20(25)19(15-18)21-16-23(11-6-12-26,17-7-2-1-3-8-17)29(27-21)22(30)28-13-4-5-14-28;/h1-5,7-10,15H,6,11-14,16,26H2;1H. The third kappa shape index (κ3) is 4.47. The monoisotopic (exact) mass is 462 g/mol. The van der Waals surface area contributed by atoms with Crippen molar-refractivity contribution in [2.45, 2.75) is 24.8 Å². The lowest BCUT2D eigenvalue weighted by Gasteiger charge is -2.38. The first-order chi connectivity index (χ1) is 14.5. The van der Waals surface area contributed by atoms with Gasteiger partial charge in [0.2, 0.25) is 0 Å². The summed E-state index contributed by atoms with van der Waals surface area (Å²) in [5.41, 5.74) is 6.90. The Labute approximate surface area is 192 Å². The van der Waals surface area contributed by atoms with Gasteiger partial charge in [-0.2, -0.15) is 5.10 Å². The number of carbonyl (C=O) groups is 1. The number of hydrogen-bond acceptors (Lipinski definition) is 3. The zero-order valence-corrected chi connectivity index (χ0v) is 18.6. The molecule has 0 aliphatic carbocycles. The third-order valence-corrected chi connectivity index (χ3v) is 5.94. The quantitative estimate of drug-likeness (QED) is 0.639. The van der Waals surface area contributed by atoms with Gasteiger partial charge in [0.25, 0.3) is 0 Å². The lowest BCUT2D eigenvalue weighted by atomic mass is 9.80. The van der Waals surface area contributed by atoms with Crippen molar-refractivity contribution in [2.24, 2.45) is 10.8 Å². The van der Waals surface area contributed by atoms with Crippen molar-refractivity contribution >= 4 is 35.8 Å². The molecule has 2 N–H and O–H groups in total. The van der Waals surface area contributed by atoms with Crippen molar-refractivity contribution in [2.75, 3.05) is 19.6 Å². The Morgan fingerprint density at radius 2 is 1.87 bits per heavy atom. The molecule has 1 atom stereocenters. The van der Waals surface area contributed by atoms with E-state index in [1.165, 1.54) is 12.1 Å². The number of halogens is 3. The molecule has 0 bridgehead atoms. The molecular weight excluding hydrogens is 438 g/mol. The Balaban J connectivity index is 0.00000272. The summed E-state index contributed by atoms with van der Waals surface area (Å²) in [6.45, 7) is 1.56. The number of amides is 2. The van der Waals surface area contributed by atoms with Crippen LogP contribution in [-0.4, -0.2) is 41.3 Å². The van der Waals surface area contributed by atoms with Crippen molar-refractivity contribution in [3.05, 3.63) is 82.6 Å². The Morgan fingerprint density at radius 3 is 2.55 bits per heavy atom. The lowest BCUT2D eigenvalue weighted by molar-refractivity contribution is 0.0988. The summed E-state index contributed by atoms with van der Waals surface area (Å²) >= 11 is 6.13. The molecule has 0 saturated carbocycles. The molecule has 2 amide bonds. The fourth-order valence-corrected chi connectivity index (χ4v) is 4.34. The molecule has 2 heterocycles. The molecule has 2 aliphatic heterocycles. The molecule has 2 aromatic rings. The average molecular weight is 463 g/mol. The summed E-state index contributed by atoms with van der Waals surface area (Å²) in [6.07, 6.45) is 5.63. The highest BCUT2D eigenvalue weighted by molar-refractivity contribution is 6.31. The maximum atomic E-state index is 14.7. The first kappa shape index (κ1) is 23.3.